The predicted molar refractivity (Wildman–Crippen MR) is 284 cm³/mol. The van der Waals surface area contributed by atoms with Gasteiger partial charge >= 0.3 is 11.4 Å². The average molecular weight is 999 g/mol. The van der Waals surface area contributed by atoms with Crippen LogP contribution in [0.25, 0.3) is 99.2 Å². The fraction of sp³-hybridized carbons (Fsp3) is 0.0345. The lowest BCUT2D eigenvalue weighted by atomic mass is 9.93. The van der Waals surface area contributed by atoms with Crippen molar-refractivity contribution in [2.75, 3.05) is 0 Å². The third kappa shape index (κ3) is 7.97. The molecule has 0 saturated heterocycles. The van der Waals surface area contributed by atoms with E-state index in [-0.39, 0.29) is 11.9 Å². The number of pyridine rings is 4. The second-order valence-electron chi connectivity index (χ2n) is 17.7. The van der Waals surface area contributed by atoms with E-state index in [1.807, 2.05) is 103 Å². The van der Waals surface area contributed by atoms with E-state index in [2.05, 4.69) is 19.9 Å². The highest BCUT2D eigenvalue weighted by Gasteiger charge is 2.22. The van der Waals surface area contributed by atoms with Crippen molar-refractivity contribution in [2.45, 2.75) is 13.5 Å². The molecule has 12 rings (SSSR count). The standard InChI is InChI=1S/C58H35Cl2FN8O4/c1-32-20-37(43-12-6-14-47(59)53(43)33-16-18-45-49(23-33)65-57(72)68(55(45)70)51-28-63-25-35-8-2-4-10-41(35)51)22-40(64-32)30-67-29-36-9-3-5-11-42(36)52(31-67)69-56(71)46-19-17-34(24-50(46)66-58(69)73)54-44(13-7-15-48(54)60)38-21-39(61)27-62-26-38/h2-29,31H,30H2,1H3,(H-,65,66,70,71,72,73)/p+1. The molecule has 6 aromatic carbocycles. The number of benzene rings is 6. The Morgan fingerprint density at radius 2 is 1.11 bits per heavy atom. The van der Waals surface area contributed by atoms with E-state index in [1.165, 1.54) is 12.3 Å². The number of hydrogen-bond acceptors (Lipinski definition) is 7. The normalized spacial score (nSPS) is 11.6. The predicted octanol–water partition coefficient (Wildman–Crippen LogP) is 10.9. The number of aromatic amines is 2. The number of H-pyrrole nitrogens is 2. The van der Waals surface area contributed by atoms with Gasteiger partial charge in [0.05, 0.1) is 39.9 Å². The molecule has 0 bridgehead atoms. The van der Waals surface area contributed by atoms with Crippen LogP contribution in [0, 0.1) is 12.7 Å². The third-order valence-corrected chi connectivity index (χ3v) is 13.7. The van der Waals surface area contributed by atoms with Crippen LogP contribution in [0.2, 0.25) is 10.0 Å². The quantitative estimate of drug-likeness (QED) is 0.144. The van der Waals surface area contributed by atoms with Gasteiger partial charge in [0.2, 0.25) is 0 Å². The first-order valence-corrected chi connectivity index (χ1v) is 23.7. The second kappa shape index (κ2) is 17.9. The minimum Gasteiger partial charge on any atom is -0.306 e. The Hall–Kier alpha value is -9.17. The van der Waals surface area contributed by atoms with Gasteiger partial charge in [-0.1, -0.05) is 102 Å². The van der Waals surface area contributed by atoms with Gasteiger partial charge in [-0.3, -0.25) is 24.5 Å². The van der Waals surface area contributed by atoms with Crippen LogP contribution in [0.5, 0.6) is 0 Å². The molecule has 0 amide bonds. The summed E-state index contributed by atoms with van der Waals surface area (Å²) in [7, 11) is 0. The number of hydrogen-bond donors (Lipinski definition) is 2. The number of nitrogens with one attached hydrogen (secondary N) is 2. The number of rotatable bonds is 8. The Labute approximate surface area is 422 Å². The first-order valence-electron chi connectivity index (χ1n) is 23.0. The molecule has 0 unspecified atom stereocenters. The first-order chi connectivity index (χ1) is 35.5. The molecule has 2 N–H and O–H groups in total. The number of halogens is 3. The summed E-state index contributed by atoms with van der Waals surface area (Å²) in [5, 5.41) is 4.39. The fourth-order valence-corrected chi connectivity index (χ4v) is 10.4. The van der Waals surface area contributed by atoms with Gasteiger partial charge in [-0.05, 0) is 95.4 Å². The second-order valence-corrected chi connectivity index (χ2v) is 18.5. The van der Waals surface area contributed by atoms with E-state index in [0.717, 1.165) is 42.9 Å². The molecule has 0 fully saturated rings. The summed E-state index contributed by atoms with van der Waals surface area (Å²) >= 11 is 13.8. The van der Waals surface area contributed by atoms with Gasteiger partial charge in [0.15, 0.2) is 18.9 Å². The van der Waals surface area contributed by atoms with Crippen LogP contribution in [0.4, 0.5) is 4.39 Å². The molecular formula is C58H36Cl2FN8O4+. The van der Waals surface area contributed by atoms with E-state index in [1.54, 1.807) is 67.1 Å². The number of aromatic nitrogens is 8. The maximum Gasteiger partial charge on any atom is 0.333 e. The largest absolute Gasteiger partial charge is 0.333 e. The van der Waals surface area contributed by atoms with Crippen molar-refractivity contribution in [1.82, 2.24) is 34.1 Å². The lowest BCUT2D eigenvalue weighted by molar-refractivity contribution is -0.687. The Morgan fingerprint density at radius 1 is 0.534 bits per heavy atom. The van der Waals surface area contributed by atoms with Crippen LogP contribution < -0.4 is 27.1 Å². The van der Waals surface area contributed by atoms with Gasteiger partial charge in [-0.25, -0.2) is 23.1 Å². The summed E-state index contributed by atoms with van der Waals surface area (Å²) < 4.78 is 18.4. The van der Waals surface area contributed by atoms with Crippen LogP contribution in [0.3, 0.4) is 0 Å². The van der Waals surface area contributed by atoms with Crippen molar-refractivity contribution >= 4 is 66.6 Å². The summed E-state index contributed by atoms with van der Waals surface area (Å²) in [5.74, 6) is -0.501. The van der Waals surface area contributed by atoms with E-state index in [0.29, 0.717) is 87.7 Å². The molecule has 0 atom stereocenters. The van der Waals surface area contributed by atoms with Crippen LogP contribution in [-0.2, 0) is 6.54 Å². The molecule has 12 aromatic rings. The zero-order chi connectivity index (χ0) is 50.1. The third-order valence-electron chi connectivity index (χ3n) is 13.0. The number of aryl methyl sites for hydroxylation is 1. The lowest BCUT2D eigenvalue weighted by Gasteiger charge is -2.15. The molecule has 0 spiro atoms. The molecule has 0 radical (unpaired) electrons. The summed E-state index contributed by atoms with van der Waals surface area (Å²) in [6.45, 7) is 2.15. The SMILES string of the molecule is Cc1cc(-c2cccc(Cl)c2-c2ccc3c(=O)n(-c4cncc5ccccc45)c(=O)[nH]c3c2)cc(C[n+]2cc(-n3c(=O)[nH]c4cc(-c5c(Cl)cccc5-c5cncc(F)c5)ccc4c3=O)c3ccccc3c2)n1. The average Bonchev–Trinajstić information content (AvgIpc) is 3.38. The summed E-state index contributed by atoms with van der Waals surface area (Å²) in [6, 6.07) is 41.5. The Balaban J connectivity index is 0.914. The smallest absolute Gasteiger partial charge is 0.306 e. The molecule has 6 heterocycles. The van der Waals surface area contributed by atoms with E-state index < -0.39 is 28.3 Å². The molecule has 0 aliphatic heterocycles. The van der Waals surface area contributed by atoms with Gasteiger partial charge in [-0.15, -0.1) is 0 Å². The minimum absolute atomic E-state index is 0.253. The fourth-order valence-electron chi connectivity index (χ4n) is 9.85. The molecular weight excluding hydrogens is 963 g/mol. The molecule has 0 aliphatic rings. The highest BCUT2D eigenvalue weighted by Crippen LogP contribution is 2.40. The van der Waals surface area contributed by atoms with Crippen molar-refractivity contribution in [1.29, 1.82) is 0 Å². The Bertz CT molecular complexity index is 4540. The lowest BCUT2D eigenvalue weighted by Crippen LogP contribution is -2.39. The van der Waals surface area contributed by atoms with Crippen LogP contribution >= 0.6 is 23.2 Å². The summed E-state index contributed by atoms with van der Waals surface area (Å²) in [5.41, 5.74) is 5.83. The van der Waals surface area contributed by atoms with Crippen molar-refractivity contribution in [2.24, 2.45) is 0 Å². The number of nitrogens with zero attached hydrogens (tertiary/aromatic N) is 6. The molecule has 6 aromatic heterocycles. The van der Waals surface area contributed by atoms with Crippen molar-refractivity contribution in [3.8, 4) is 55.9 Å². The molecule has 73 heavy (non-hydrogen) atoms. The van der Waals surface area contributed by atoms with Gasteiger partial charge in [-0.2, -0.15) is 4.57 Å². The summed E-state index contributed by atoms with van der Waals surface area (Å²) in [6.07, 6.45) is 9.57. The maximum absolute atomic E-state index is 14.5. The highest BCUT2D eigenvalue weighted by atomic mass is 35.5. The van der Waals surface area contributed by atoms with Gasteiger partial charge in [0.25, 0.3) is 11.1 Å². The van der Waals surface area contributed by atoms with Crippen molar-refractivity contribution < 1.29 is 8.96 Å². The Kier molecular flexibility index (Phi) is 11.0. The van der Waals surface area contributed by atoms with Crippen molar-refractivity contribution in [3.63, 3.8) is 0 Å². The Morgan fingerprint density at radius 3 is 1.75 bits per heavy atom. The molecule has 15 heteroatoms. The van der Waals surface area contributed by atoms with Gasteiger partial charge < -0.3 is 9.97 Å². The van der Waals surface area contributed by atoms with Gasteiger partial charge in [0.1, 0.15) is 17.2 Å². The van der Waals surface area contributed by atoms with E-state index in [4.69, 9.17) is 28.2 Å². The maximum atomic E-state index is 14.5. The van der Waals surface area contributed by atoms with Crippen LogP contribution in [0.1, 0.15) is 11.4 Å². The monoisotopic (exact) mass is 997 g/mol. The van der Waals surface area contributed by atoms with E-state index >= 15 is 0 Å². The van der Waals surface area contributed by atoms with Crippen LogP contribution in [0.15, 0.2) is 196 Å². The molecule has 352 valence electrons. The van der Waals surface area contributed by atoms with Crippen LogP contribution in [-0.4, -0.2) is 34.1 Å². The molecule has 0 saturated carbocycles. The zero-order valence-corrected chi connectivity index (χ0v) is 39.9. The highest BCUT2D eigenvalue weighted by molar-refractivity contribution is 6.34. The van der Waals surface area contributed by atoms with E-state index in [9.17, 15) is 23.6 Å². The van der Waals surface area contributed by atoms with Gasteiger partial charge in [0, 0.05) is 66.4 Å². The minimum atomic E-state index is -0.652. The summed E-state index contributed by atoms with van der Waals surface area (Å²) in [4.78, 5) is 75.6. The zero-order valence-electron chi connectivity index (χ0n) is 38.4. The number of fused-ring (bicyclic) bond motifs is 4. The molecule has 12 nitrogen and oxygen atoms in total. The van der Waals surface area contributed by atoms with Crippen molar-refractivity contribution in [3.05, 3.63) is 246 Å². The molecule has 0 aliphatic carbocycles. The first kappa shape index (κ1) is 45.0. The topological polar surface area (TPSA) is 152 Å².